The first kappa shape index (κ1) is 48.3. The summed E-state index contributed by atoms with van der Waals surface area (Å²) in [5, 5.41) is 5.00. The molecule has 2 heterocycles. The van der Waals surface area contributed by atoms with Gasteiger partial charge in [-0.1, -0.05) is 50.0 Å². The molecule has 2 amide bonds. The van der Waals surface area contributed by atoms with Crippen molar-refractivity contribution in [3.8, 4) is 11.5 Å². The van der Waals surface area contributed by atoms with Crippen LogP contribution in [0.3, 0.4) is 0 Å². The molecule has 0 aromatic heterocycles. The van der Waals surface area contributed by atoms with E-state index in [0.717, 1.165) is 62.1 Å². The molecule has 0 aliphatic carbocycles. The second kappa shape index (κ2) is 19.9. The summed E-state index contributed by atoms with van der Waals surface area (Å²) < 4.78 is 138. The lowest BCUT2D eigenvalue weighted by molar-refractivity contribution is 0.101. The average molecular weight is 961 g/mol. The van der Waals surface area contributed by atoms with Crippen LogP contribution in [0.15, 0.2) is 92.4 Å². The molecule has 0 atom stereocenters. The number of ether oxygens (including phenoxy) is 2. The van der Waals surface area contributed by atoms with Crippen molar-refractivity contribution in [1.29, 1.82) is 0 Å². The Morgan fingerprint density at radius 2 is 0.844 bits per heavy atom. The topological polar surface area (TPSA) is 260 Å². The molecule has 4 aromatic rings. The maximum atomic E-state index is 13.6. The second-order valence-corrected chi connectivity index (χ2v) is 21.7. The molecular formula is C42H48N4O14S4. The lowest BCUT2D eigenvalue weighted by Gasteiger charge is -2.21. The molecular weight excluding hydrogens is 913 g/mol. The summed E-state index contributed by atoms with van der Waals surface area (Å²) in [6, 6.07) is 14.5. The van der Waals surface area contributed by atoms with E-state index in [-0.39, 0.29) is 54.9 Å². The van der Waals surface area contributed by atoms with E-state index < -0.39 is 61.9 Å². The van der Waals surface area contributed by atoms with Crippen molar-refractivity contribution in [2.24, 2.45) is 0 Å². The van der Waals surface area contributed by atoms with Crippen LogP contribution in [0.5, 0.6) is 11.5 Å². The minimum absolute atomic E-state index is 0.0301. The Bertz CT molecular complexity index is 2710. The van der Waals surface area contributed by atoms with E-state index >= 15 is 0 Å². The molecule has 4 aromatic carbocycles. The van der Waals surface area contributed by atoms with Gasteiger partial charge in [0, 0.05) is 48.7 Å². The van der Waals surface area contributed by atoms with Crippen LogP contribution in [-0.4, -0.2) is 104 Å². The molecule has 0 saturated carbocycles. The highest BCUT2D eigenvalue weighted by atomic mass is 32.2. The van der Waals surface area contributed by atoms with Crippen LogP contribution in [0.25, 0.3) is 12.2 Å². The molecule has 2 aliphatic rings. The Kier molecular flexibility index (Phi) is 15.0. The molecule has 2 saturated heterocycles. The van der Waals surface area contributed by atoms with E-state index in [1.165, 1.54) is 71.4 Å². The monoisotopic (exact) mass is 960 g/mol. The summed E-state index contributed by atoms with van der Waals surface area (Å²) in [7, 11) is -15.5. The molecule has 0 spiro atoms. The molecule has 18 nitrogen and oxygen atoms in total. The van der Waals surface area contributed by atoms with E-state index in [1.54, 1.807) is 0 Å². The molecule has 4 N–H and O–H groups in total. The van der Waals surface area contributed by atoms with Gasteiger partial charge in [0.2, 0.25) is 20.0 Å². The highest BCUT2D eigenvalue weighted by Crippen LogP contribution is 2.33. The fourth-order valence-corrected chi connectivity index (χ4v) is 12.2. The predicted molar refractivity (Wildman–Crippen MR) is 238 cm³/mol. The van der Waals surface area contributed by atoms with Gasteiger partial charge in [0.1, 0.15) is 31.1 Å². The highest BCUT2D eigenvalue weighted by molar-refractivity contribution is 7.89. The van der Waals surface area contributed by atoms with Gasteiger partial charge in [0.05, 0.1) is 14.2 Å². The number of sulfonamides is 2. The van der Waals surface area contributed by atoms with Crippen molar-refractivity contribution in [3.63, 3.8) is 0 Å². The van der Waals surface area contributed by atoms with Crippen LogP contribution in [0.2, 0.25) is 0 Å². The Labute approximate surface area is 372 Å². The van der Waals surface area contributed by atoms with Crippen LogP contribution in [0.4, 0.5) is 11.4 Å². The summed E-state index contributed by atoms with van der Waals surface area (Å²) in [6.07, 6.45) is 8.53. The number of carbonyl (C=O) groups excluding carboxylic acids is 2. The number of hydrogen-bond acceptors (Lipinski definition) is 12. The SMILES string of the molecule is COc1ccc(C(=O)Nc2ccc(/C=C/c3ccc(NC(=O)c4ccc(OC)c(S(=O)(=O)N5CCCCCC5)c4)cc3S(=O)(=O)O)c(S(=O)(=O)O)c2)cc1S(=O)(=O)N1CCCCCC1. The summed E-state index contributed by atoms with van der Waals surface area (Å²) in [5.74, 6) is -1.56. The molecule has 0 bridgehead atoms. The summed E-state index contributed by atoms with van der Waals surface area (Å²) >= 11 is 0. The molecule has 0 radical (unpaired) electrons. The predicted octanol–water partition coefficient (Wildman–Crippen LogP) is 6.00. The third-order valence-corrected chi connectivity index (χ3v) is 16.4. The maximum absolute atomic E-state index is 13.6. The van der Waals surface area contributed by atoms with Crippen molar-refractivity contribution in [2.45, 2.75) is 70.9 Å². The number of methoxy groups -OCH3 is 2. The van der Waals surface area contributed by atoms with E-state index in [4.69, 9.17) is 9.47 Å². The Hall–Kier alpha value is -5.20. The van der Waals surface area contributed by atoms with Gasteiger partial charge in [0.25, 0.3) is 32.1 Å². The molecule has 22 heteroatoms. The first-order valence-corrected chi connectivity index (χ1v) is 25.9. The number of hydrogen-bond donors (Lipinski definition) is 4. The summed E-state index contributed by atoms with van der Waals surface area (Å²) in [4.78, 5) is 25.0. The van der Waals surface area contributed by atoms with Crippen molar-refractivity contribution >= 4 is 75.6 Å². The van der Waals surface area contributed by atoms with Crippen molar-refractivity contribution in [3.05, 3.63) is 95.1 Å². The van der Waals surface area contributed by atoms with E-state index in [0.29, 0.717) is 51.9 Å². The number of anilines is 2. The van der Waals surface area contributed by atoms with E-state index in [9.17, 15) is 52.4 Å². The number of amides is 2. The van der Waals surface area contributed by atoms with Gasteiger partial charge >= 0.3 is 0 Å². The first-order valence-electron chi connectivity index (χ1n) is 20.1. The number of nitrogens with zero attached hydrogens (tertiary/aromatic N) is 2. The Balaban J connectivity index is 1.24. The van der Waals surface area contributed by atoms with E-state index in [2.05, 4.69) is 10.6 Å². The zero-order valence-electron chi connectivity index (χ0n) is 34.9. The van der Waals surface area contributed by atoms with Crippen LogP contribution >= 0.6 is 0 Å². The molecule has 0 unspecified atom stereocenters. The van der Waals surface area contributed by atoms with Crippen LogP contribution in [0.1, 0.15) is 83.2 Å². The van der Waals surface area contributed by atoms with Crippen molar-refractivity contribution in [2.75, 3.05) is 51.0 Å². The average Bonchev–Trinajstić information content (AvgIpc) is 3.73. The highest BCUT2D eigenvalue weighted by Gasteiger charge is 2.31. The molecule has 64 heavy (non-hydrogen) atoms. The van der Waals surface area contributed by atoms with Gasteiger partial charge in [-0.2, -0.15) is 25.4 Å². The zero-order valence-corrected chi connectivity index (χ0v) is 38.2. The van der Waals surface area contributed by atoms with E-state index in [1.807, 2.05) is 0 Å². The molecule has 2 aliphatic heterocycles. The van der Waals surface area contributed by atoms with Crippen LogP contribution in [0, 0.1) is 0 Å². The Morgan fingerprint density at radius 3 is 1.16 bits per heavy atom. The fraction of sp³-hybridized carbons (Fsp3) is 0.333. The second-order valence-electron chi connectivity index (χ2n) is 15.1. The first-order chi connectivity index (χ1) is 30.2. The molecule has 344 valence electrons. The van der Waals surface area contributed by atoms with Crippen molar-refractivity contribution < 1.29 is 61.8 Å². The third-order valence-electron chi connectivity index (χ3n) is 10.8. The van der Waals surface area contributed by atoms with Gasteiger partial charge in [-0.3, -0.25) is 18.7 Å². The smallest absolute Gasteiger partial charge is 0.295 e. The fourth-order valence-electron chi connectivity index (χ4n) is 7.41. The minimum atomic E-state index is -4.99. The van der Waals surface area contributed by atoms with Gasteiger partial charge < -0.3 is 20.1 Å². The molecule has 2 fully saturated rings. The van der Waals surface area contributed by atoms with Gasteiger partial charge in [-0.25, -0.2) is 16.8 Å². The number of benzene rings is 4. The molecule has 6 rings (SSSR count). The van der Waals surface area contributed by atoms with Crippen LogP contribution in [-0.2, 0) is 40.3 Å². The third kappa shape index (κ3) is 11.2. The standard InChI is InChI=1S/C42H48N4O14S4/c1-59-35-19-15-31(25-39(35)61(49,50)45-21-7-3-4-8-22-45)41(47)43-33-17-13-29(37(27-33)63(53,54)55)11-12-30-14-18-34(28-38(30)64(56,57)58)44-42(48)32-16-20-36(60-2)40(26-32)62(51,52)46-23-9-5-6-10-24-46/h11-20,25-28H,3-10,21-24H2,1-2H3,(H,43,47)(H,44,48)(H,53,54,55)(H,56,57,58)/b12-11+. The summed E-state index contributed by atoms with van der Waals surface area (Å²) in [6.45, 7) is 1.24. The number of rotatable bonds is 14. The maximum Gasteiger partial charge on any atom is 0.295 e. The minimum Gasteiger partial charge on any atom is -0.495 e. The zero-order chi connectivity index (χ0) is 46.5. The normalized spacial score (nSPS) is 16.1. The quantitative estimate of drug-likeness (QED) is 0.0835. The number of nitrogens with one attached hydrogen (secondary N) is 2. The van der Waals surface area contributed by atoms with Gasteiger partial charge in [-0.05, 0) is 97.5 Å². The lowest BCUT2D eigenvalue weighted by atomic mass is 10.1. The lowest BCUT2D eigenvalue weighted by Crippen LogP contribution is -2.32. The summed E-state index contributed by atoms with van der Waals surface area (Å²) in [5.41, 5.74) is -0.725. The number of carbonyl (C=O) groups is 2. The largest absolute Gasteiger partial charge is 0.495 e. The van der Waals surface area contributed by atoms with Gasteiger partial charge in [0.15, 0.2) is 0 Å². The van der Waals surface area contributed by atoms with Crippen molar-refractivity contribution in [1.82, 2.24) is 8.61 Å². The Morgan fingerprint density at radius 1 is 0.500 bits per heavy atom. The van der Waals surface area contributed by atoms with Crippen LogP contribution < -0.4 is 20.1 Å². The van der Waals surface area contributed by atoms with Gasteiger partial charge in [-0.15, -0.1) is 0 Å².